The smallest absolute Gasteiger partial charge is 0.267 e. The van der Waals surface area contributed by atoms with Crippen molar-refractivity contribution in [3.05, 3.63) is 48.3 Å². The van der Waals surface area contributed by atoms with Gasteiger partial charge in [0.05, 0.1) is 28.3 Å². The second kappa shape index (κ2) is 3.57. The van der Waals surface area contributed by atoms with Gasteiger partial charge in [-0.2, -0.15) is 0 Å². The quantitative estimate of drug-likeness (QED) is 0.367. The first-order chi connectivity index (χ1) is 8.31. The Kier molecular flexibility index (Phi) is 2.06. The van der Waals surface area contributed by atoms with Crippen LogP contribution in [0.1, 0.15) is 10.4 Å². The lowest BCUT2D eigenvalue weighted by atomic mass is 10.1. The molecule has 2 aromatic heterocycles. The van der Waals surface area contributed by atoms with Gasteiger partial charge in [0.15, 0.2) is 0 Å². The maximum Gasteiger partial charge on any atom is 0.267 e. The molecule has 5 nitrogen and oxygen atoms in total. The standard InChI is InChI=1S/C12H9N4O/c13-15-12(17)9-4-1-5-10-11(9)16-6-2-3-8(16)7-14-10/h1-4,6-7H,13H2,(H,15,17). The first-order valence-electron chi connectivity index (χ1n) is 5.08. The van der Waals surface area contributed by atoms with E-state index in [2.05, 4.69) is 16.5 Å². The third-order valence-corrected chi connectivity index (χ3v) is 2.67. The Bertz CT molecular complexity index is 717. The van der Waals surface area contributed by atoms with Crippen LogP contribution in [-0.2, 0) is 0 Å². The number of nitrogens with zero attached hydrogens (tertiary/aromatic N) is 2. The number of rotatable bonds is 1. The van der Waals surface area contributed by atoms with Gasteiger partial charge in [-0.1, -0.05) is 6.07 Å². The van der Waals surface area contributed by atoms with Crippen molar-refractivity contribution in [1.29, 1.82) is 0 Å². The number of benzene rings is 1. The summed E-state index contributed by atoms with van der Waals surface area (Å²) in [6.45, 7) is 0. The largest absolute Gasteiger partial charge is 0.313 e. The molecule has 83 valence electrons. The summed E-state index contributed by atoms with van der Waals surface area (Å²) in [5, 5.41) is 0. The van der Waals surface area contributed by atoms with Crippen LogP contribution in [-0.4, -0.2) is 15.3 Å². The number of carbonyl (C=O) groups is 1. The molecule has 0 bridgehead atoms. The predicted octanol–water partition coefficient (Wildman–Crippen LogP) is 0.891. The molecule has 3 N–H and O–H groups in total. The zero-order valence-electron chi connectivity index (χ0n) is 8.84. The molecular formula is C12H9N4O. The van der Waals surface area contributed by atoms with Crippen molar-refractivity contribution in [2.45, 2.75) is 0 Å². The van der Waals surface area contributed by atoms with Crippen LogP contribution in [0.2, 0.25) is 0 Å². The minimum absolute atomic E-state index is 0.341. The predicted molar refractivity (Wildman–Crippen MR) is 63.2 cm³/mol. The van der Waals surface area contributed by atoms with Gasteiger partial charge < -0.3 is 4.40 Å². The lowest BCUT2D eigenvalue weighted by Gasteiger charge is -2.07. The lowest BCUT2D eigenvalue weighted by Crippen LogP contribution is -2.30. The summed E-state index contributed by atoms with van der Waals surface area (Å²) < 4.78 is 1.89. The molecule has 0 fully saturated rings. The Morgan fingerprint density at radius 3 is 3.18 bits per heavy atom. The van der Waals surface area contributed by atoms with Gasteiger partial charge in [-0.25, -0.2) is 5.84 Å². The number of nitrogen functional groups attached to an aromatic ring is 1. The Morgan fingerprint density at radius 2 is 2.35 bits per heavy atom. The molecule has 17 heavy (non-hydrogen) atoms. The van der Waals surface area contributed by atoms with Crippen LogP contribution >= 0.6 is 0 Å². The van der Waals surface area contributed by atoms with E-state index in [1.807, 2.05) is 22.7 Å². The van der Waals surface area contributed by atoms with Gasteiger partial charge in [-0.15, -0.1) is 0 Å². The molecule has 3 rings (SSSR count). The fraction of sp³-hybridized carbons (Fsp3) is 0. The first-order valence-corrected chi connectivity index (χ1v) is 5.08. The topological polar surface area (TPSA) is 72.4 Å². The maximum atomic E-state index is 11.7. The van der Waals surface area contributed by atoms with Gasteiger partial charge >= 0.3 is 0 Å². The van der Waals surface area contributed by atoms with Crippen LogP contribution in [0.3, 0.4) is 0 Å². The van der Waals surface area contributed by atoms with Gasteiger partial charge in [0, 0.05) is 12.3 Å². The average molecular weight is 225 g/mol. The fourth-order valence-electron chi connectivity index (χ4n) is 1.92. The molecular weight excluding hydrogens is 216 g/mol. The van der Waals surface area contributed by atoms with E-state index in [1.54, 1.807) is 18.3 Å². The average Bonchev–Trinajstić information content (AvgIpc) is 2.85. The molecule has 1 amide bonds. The van der Waals surface area contributed by atoms with Crippen LogP contribution in [0.5, 0.6) is 0 Å². The molecule has 0 spiro atoms. The molecule has 0 saturated carbocycles. The highest BCUT2D eigenvalue weighted by Gasteiger charge is 2.11. The summed E-state index contributed by atoms with van der Waals surface area (Å²) in [5.41, 5.74) is 4.88. The number of carbonyl (C=O) groups excluding carboxylic acids is 1. The van der Waals surface area contributed by atoms with E-state index in [4.69, 9.17) is 5.84 Å². The summed E-state index contributed by atoms with van der Waals surface area (Å²) in [7, 11) is 0. The molecule has 3 aromatic rings. The molecule has 0 unspecified atom stereocenters. The Morgan fingerprint density at radius 1 is 1.47 bits per heavy atom. The highest BCUT2D eigenvalue weighted by atomic mass is 16.2. The maximum absolute atomic E-state index is 11.7. The van der Waals surface area contributed by atoms with Crippen LogP contribution in [0, 0.1) is 6.07 Å². The van der Waals surface area contributed by atoms with E-state index < -0.39 is 0 Å². The molecule has 1 radical (unpaired) electrons. The zero-order valence-corrected chi connectivity index (χ0v) is 8.84. The molecule has 1 aromatic carbocycles. The SMILES string of the molecule is NNC(=O)c1cc[c]c2ncc3cccn3c12. The minimum Gasteiger partial charge on any atom is -0.313 e. The number of nitrogens with two attached hydrogens (primary N) is 1. The Balaban J connectivity index is 2.49. The van der Waals surface area contributed by atoms with Gasteiger partial charge in [-0.3, -0.25) is 15.2 Å². The van der Waals surface area contributed by atoms with Crippen molar-refractivity contribution in [2.24, 2.45) is 5.84 Å². The number of hydrogen-bond donors (Lipinski definition) is 2. The second-order valence-electron chi connectivity index (χ2n) is 3.62. The van der Waals surface area contributed by atoms with E-state index in [0.29, 0.717) is 16.6 Å². The van der Waals surface area contributed by atoms with Crippen molar-refractivity contribution in [3.8, 4) is 0 Å². The van der Waals surface area contributed by atoms with Crippen LogP contribution in [0.4, 0.5) is 0 Å². The molecule has 0 aliphatic heterocycles. The number of nitrogens with one attached hydrogen (secondary N) is 1. The monoisotopic (exact) mass is 225 g/mol. The zero-order chi connectivity index (χ0) is 11.8. The highest BCUT2D eigenvalue weighted by molar-refractivity contribution is 6.05. The third kappa shape index (κ3) is 1.37. The van der Waals surface area contributed by atoms with Crippen molar-refractivity contribution in [2.75, 3.05) is 0 Å². The van der Waals surface area contributed by atoms with E-state index in [9.17, 15) is 4.79 Å². The number of fused-ring (bicyclic) bond motifs is 3. The Hall–Kier alpha value is -2.40. The normalized spacial score (nSPS) is 10.9. The summed E-state index contributed by atoms with van der Waals surface area (Å²) in [5.74, 6) is 4.83. The van der Waals surface area contributed by atoms with Crippen LogP contribution in [0.25, 0.3) is 16.6 Å². The molecule has 0 atom stereocenters. The minimum atomic E-state index is -0.341. The summed E-state index contributed by atoms with van der Waals surface area (Å²) in [6, 6.07) is 10.2. The number of hydrogen-bond acceptors (Lipinski definition) is 3. The number of amides is 1. The second-order valence-corrected chi connectivity index (χ2v) is 3.62. The molecule has 5 heteroatoms. The van der Waals surface area contributed by atoms with Crippen molar-refractivity contribution in [1.82, 2.24) is 14.8 Å². The van der Waals surface area contributed by atoms with E-state index in [-0.39, 0.29) is 5.91 Å². The van der Waals surface area contributed by atoms with E-state index in [1.165, 1.54) is 0 Å². The summed E-state index contributed by atoms with van der Waals surface area (Å²) >= 11 is 0. The number of aromatic nitrogens is 2. The molecule has 2 heterocycles. The van der Waals surface area contributed by atoms with Crippen LogP contribution in [0.15, 0.2) is 36.7 Å². The summed E-state index contributed by atoms with van der Waals surface area (Å²) in [4.78, 5) is 16.0. The van der Waals surface area contributed by atoms with Gasteiger partial charge in [0.2, 0.25) is 0 Å². The van der Waals surface area contributed by atoms with E-state index >= 15 is 0 Å². The fourth-order valence-corrected chi connectivity index (χ4v) is 1.92. The van der Waals surface area contributed by atoms with Crippen molar-refractivity contribution in [3.63, 3.8) is 0 Å². The third-order valence-electron chi connectivity index (χ3n) is 2.67. The van der Waals surface area contributed by atoms with Gasteiger partial charge in [0.25, 0.3) is 5.91 Å². The lowest BCUT2D eigenvalue weighted by molar-refractivity contribution is 0.0955. The van der Waals surface area contributed by atoms with Crippen molar-refractivity contribution < 1.29 is 4.79 Å². The first kappa shape index (κ1) is 9.80. The molecule has 0 saturated heterocycles. The Labute approximate surface area is 96.8 Å². The summed E-state index contributed by atoms with van der Waals surface area (Å²) in [6.07, 6.45) is 3.61. The molecule has 0 aliphatic carbocycles. The van der Waals surface area contributed by atoms with E-state index in [0.717, 1.165) is 5.52 Å². The number of hydrazine groups is 1. The highest BCUT2D eigenvalue weighted by Crippen LogP contribution is 2.18. The van der Waals surface area contributed by atoms with Gasteiger partial charge in [0.1, 0.15) is 0 Å². The van der Waals surface area contributed by atoms with Gasteiger partial charge in [-0.05, 0) is 18.2 Å². The van der Waals surface area contributed by atoms with Crippen LogP contribution < -0.4 is 11.3 Å². The molecule has 0 aliphatic rings. The van der Waals surface area contributed by atoms with Crippen molar-refractivity contribution >= 4 is 22.5 Å².